The van der Waals surface area contributed by atoms with E-state index in [2.05, 4.69) is 32.1 Å². The molecule has 48 heavy (non-hydrogen) atoms. The molecule has 0 aromatic heterocycles. The Morgan fingerprint density at radius 1 is 0.688 bits per heavy atom. The standard InChI is InChI=1S/C42H72O6/c1-3-5-7-9-13-19-25-39-35(23-17-8-6-4-2)29-30-36(24-18-12-10-15-21-27-41(43)47-33-37-31-45-37)40(39)26-20-14-11-16-22-28-42(44)48-34-38-32-46-38/h13,19,30,35,37-40H,3-12,14-18,20-29,31-34H2,1-2H3/b19-13+. The number of allylic oxidation sites excluding steroid dienone is 4. The molecule has 5 unspecified atom stereocenters. The molecule has 0 saturated carbocycles. The first-order chi connectivity index (χ1) is 23.6. The zero-order valence-corrected chi connectivity index (χ0v) is 31.1. The highest BCUT2D eigenvalue weighted by Gasteiger charge is 2.33. The Morgan fingerprint density at radius 2 is 1.23 bits per heavy atom. The van der Waals surface area contributed by atoms with Gasteiger partial charge in [-0.1, -0.05) is 121 Å². The first kappa shape index (κ1) is 40.8. The minimum absolute atomic E-state index is 0.0695. The van der Waals surface area contributed by atoms with Crippen molar-refractivity contribution in [1.29, 1.82) is 0 Å². The third-order valence-electron chi connectivity index (χ3n) is 10.7. The van der Waals surface area contributed by atoms with Gasteiger partial charge in [-0.25, -0.2) is 0 Å². The molecule has 0 bridgehead atoms. The highest BCUT2D eigenvalue weighted by atomic mass is 16.6. The highest BCUT2D eigenvalue weighted by molar-refractivity contribution is 5.69. The Bertz CT molecular complexity index is 904. The molecular weight excluding hydrogens is 600 g/mol. The van der Waals surface area contributed by atoms with E-state index >= 15 is 0 Å². The van der Waals surface area contributed by atoms with E-state index in [1.165, 1.54) is 122 Å². The van der Waals surface area contributed by atoms with E-state index in [9.17, 15) is 9.59 Å². The van der Waals surface area contributed by atoms with Crippen molar-refractivity contribution in [3.63, 3.8) is 0 Å². The van der Waals surface area contributed by atoms with Gasteiger partial charge in [0, 0.05) is 12.8 Å². The van der Waals surface area contributed by atoms with E-state index in [4.69, 9.17) is 18.9 Å². The molecule has 0 spiro atoms. The monoisotopic (exact) mass is 673 g/mol. The van der Waals surface area contributed by atoms with Gasteiger partial charge in [-0.05, 0) is 82.0 Å². The van der Waals surface area contributed by atoms with E-state index in [-0.39, 0.29) is 24.1 Å². The van der Waals surface area contributed by atoms with Crippen LogP contribution in [0.3, 0.4) is 0 Å². The lowest BCUT2D eigenvalue weighted by atomic mass is 9.66. The summed E-state index contributed by atoms with van der Waals surface area (Å²) in [6.45, 7) is 6.93. The Morgan fingerprint density at radius 3 is 1.85 bits per heavy atom. The number of carbonyl (C=O) groups is 2. The molecular formula is C42H72O6. The molecule has 0 aromatic carbocycles. The van der Waals surface area contributed by atoms with Gasteiger partial charge in [0.2, 0.25) is 0 Å². The van der Waals surface area contributed by atoms with Crippen LogP contribution in [0.5, 0.6) is 0 Å². The maximum atomic E-state index is 12.0. The Balaban J connectivity index is 1.46. The average Bonchev–Trinajstić information content (AvgIpc) is 4.02. The Kier molecular flexibility index (Phi) is 22.2. The van der Waals surface area contributed by atoms with E-state index < -0.39 is 0 Å². The summed E-state index contributed by atoms with van der Waals surface area (Å²) in [5, 5.41) is 0. The zero-order valence-electron chi connectivity index (χ0n) is 31.1. The normalized spacial score (nSPS) is 23.3. The van der Waals surface area contributed by atoms with Crippen LogP contribution in [0.1, 0.15) is 174 Å². The molecule has 2 saturated heterocycles. The predicted molar refractivity (Wildman–Crippen MR) is 196 cm³/mol. The summed E-state index contributed by atoms with van der Waals surface area (Å²) in [5.74, 6) is 2.15. The summed E-state index contributed by atoms with van der Waals surface area (Å²) in [6, 6.07) is 0. The van der Waals surface area contributed by atoms with Gasteiger partial charge in [0.1, 0.15) is 25.4 Å². The third kappa shape index (κ3) is 19.5. The summed E-state index contributed by atoms with van der Waals surface area (Å²) in [5.41, 5.74) is 1.75. The molecule has 0 radical (unpaired) electrons. The molecule has 6 heteroatoms. The lowest BCUT2D eigenvalue weighted by Gasteiger charge is -2.39. The van der Waals surface area contributed by atoms with Crippen LogP contribution in [0.4, 0.5) is 0 Å². The number of ether oxygens (including phenoxy) is 4. The van der Waals surface area contributed by atoms with Gasteiger partial charge in [0.15, 0.2) is 0 Å². The van der Waals surface area contributed by atoms with Crippen molar-refractivity contribution in [2.24, 2.45) is 17.8 Å². The number of rotatable bonds is 31. The van der Waals surface area contributed by atoms with Gasteiger partial charge in [0.25, 0.3) is 0 Å². The Labute approximate surface area is 294 Å². The molecule has 276 valence electrons. The second kappa shape index (κ2) is 26.2. The summed E-state index contributed by atoms with van der Waals surface area (Å²) in [4.78, 5) is 23.9. The highest BCUT2D eigenvalue weighted by Crippen LogP contribution is 2.44. The predicted octanol–water partition coefficient (Wildman–Crippen LogP) is 11.0. The molecule has 2 fully saturated rings. The van der Waals surface area contributed by atoms with Crippen LogP contribution >= 0.6 is 0 Å². The number of epoxide rings is 2. The molecule has 2 heterocycles. The Hall–Kier alpha value is -1.66. The number of hydrogen-bond acceptors (Lipinski definition) is 6. The smallest absolute Gasteiger partial charge is 0.305 e. The fraction of sp³-hybridized carbons (Fsp3) is 0.857. The molecule has 3 rings (SSSR count). The molecule has 3 aliphatic rings. The van der Waals surface area contributed by atoms with Crippen molar-refractivity contribution in [2.45, 2.75) is 187 Å². The van der Waals surface area contributed by atoms with Gasteiger partial charge < -0.3 is 18.9 Å². The molecule has 6 nitrogen and oxygen atoms in total. The van der Waals surface area contributed by atoms with Crippen LogP contribution in [-0.2, 0) is 28.5 Å². The first-order valence-electron chi connectivity index (χ1n) is 20.5. The number of unbranched alkanes of at least 4 members (excludes halogenated alkanes) is 14. The fourth-order valence-electron chi connectivity index (χ4n) is 7.46. The average molecular weight is 673 g/mol. The lowest BCUT2D eigenvalue weighted by molar-refractivity contribution is -0.145. The summed E-state index contributed by atoms with van der Waals surface area (Å²) < 4.78 is 20.8. The molecule has 1 aliphatic carbocycles. The summed E-state index contributed by atoms with van der Waals surface area (Å²) in [7, 11) is 0. The van der Waals surface area contributed by atoms with Crippen molar-refractivity contribution in [3.8, 4) is 0 Å². The van der Waals surface area contributed by atoms with Crippen molar-refractivity contribution < 1.29 is 28.5 Å². The van der Waals surface area contributed by atoms with Crippen molar-refractivity contribution >= 4 is 11.9 Å². The van der Waals surface area contributed by atoms with Crippen LogP contribution in [-0.4, -0.2) is 50.6 Å². The maximum Gasteiger partial charge on any atom is 0.305 e. The number of hydrogen-bond donors (Lipinski definition) is 0. The topological polar surface area (TPSA) is 77.7 Å². The van der Waals surface area contributed by atoms with E-state index in [1.807, 2.05) is 0 Å². The van der Waals surface area contributed by atoms with Gasteiger partial charge >= 0.3 is 11.9 Å². The quantitative estimate of drug-likeness (QED) is 0.0316. The number of carbonyl (C=O) groups excluding carboxylic acids is 2. The lowest BCUT2D eigenvalue weighted by Crippen LogP contribution is -2.29. The molecule has 0 N–H and O–H groups in total. The van der Waals surface area contributed by atoms with E-state index in [1.54, 1.807) is 5.57 Å². The largest absolute Gasteiger partial charge is 0.463 e. The molecule has 2 aliphatic heterocycles. The van der Waals surface area contributed by atoms with Gasteiger partial charge in [-0.2, -0.15) is 0 Å². The maximum absolute atomic E-state index is 12.0. The zero-order chi connectivity index (χ0) is 34.1. The molecule has 5 atom stereocenters. The van der Waals surface area contributed by atoms with Crippen LogP contribution < -0.4 is 0 Å². The van der Waals surface area contributed by atoms with Crippen LogP contribution in [0, 0.1) is 17.8 Å². The minimum atomic E-state index is -0.0719. The minimum Gasteiger partial charge on any atom is -0.463 e. The van der Waals surface area contributed by atoms with Crippen molar-refractivity contribution in [2.75, 3.05) is 26.4 Å². The molecule has 0 aromatic rings. The van der Waals surface area contributed by atoms with Gasteiger partial charge in [0.05, 0.1) is 13.2 Å². The van der Waals surface area contributed by atoms with Crippen molar-refractivity contribution in [3.05, 3.63) is 23.8 Å². The van der Waals surface area contributed by atoms with Crippen LogP contribution in [0.2, 0.25) is 0 Å². The summed E-state index contributed by atoms with van der Waals surface area (Å²) >= 11 is 0. The summed E-state index contributed by atoms with van der Waals surface area (Å²) in [6.07, 6.45) is 37.6. The second-order valence-electron chi connectivity index (χ2n) is 14.9. The fourth-order valence-corrected chi connectivity index (χ4v) is 7.46. The van der Waals surface area contributed by atoms with E-state index in [0.717, 1.165) is 50.7 Å². The SMILES string of the molecule is CCCCC/C=C/CC1C(CCCCCC)CC=C(CCCCCCCC(=O)OCC2CO2)C1CCCCCCCC(=O)OCC1CO1. The van der Waals surface area contributed by atoms with Crippen LogP contribution in [0.25, 0.3) is 0 Å². The third-order valence-corrected chi connectivity index (χ3v) is 10.7. The number of esters is 2. The molecule has 0 amide bonds. The second-order valence-corrected chi connectivity index (χ2v) is 14.9. The van der Waals surface area contributed by atoms with Gasteiger partial charge in [-0.3, -0.25) is 9.59 Å². The van der Waals surface area contributed by atoms with Crippen LogP contribution in [0.15, 0.2) is 23.8 Å². The van der Waals surface area contributed by atoms with Gasteiger partial charge in [-0.15, -0.1) is 0 Å². The van der Waals surface area contributed by atoms with Crippen molar-refractivity contribution in [1.82, 2.24) is 0 Å². The first-order valence-corrected chi connectivity index (χ1v) is 20.5. The van der Waals surface area contributed by atoms with E-state index in [0.29, 0.717) is 32.0 Å².